The Morgan fingerprint density at radius 2 is 1.66 bits per heavy atom. The Morgan fingerprint density at radius 1 is 1.03 bits per heavy atom. The van der Waals surface area contributed by atoms with Gasteiger partial charge >= 0.3 is 0 Å². The first-order chi connectivity index (χ1) is 15.6. The quantitative estimate of drug-likeness (QED) is 0.615. The Bertz CT molecular complexity index is 909. The van der Waals surface area contributed by atoms with Crippen molar-refractivity contribution in [3.8, 4) is 28.7 Å². The van der Waals surface area contributed by atoms with E-state index in [4.69, 9.17) is 24.7 Å². The molecule has 1 aliphatic rings. The highest BCUT2D eigenvalue weighted by molar-refractivity contribution is 5.99. The highest BCUT2D eigenvalue weighted by atomic mass is 16.5. The van der Waals surface area contributed by atoms with Gasteiger partial charge in [-0.25, -0.2) is 0 Å². The van der Waals surface area contributed by atoms with Crippen molar-refractivity contribution in [2.45, 2.75) is 25.3 Å². The van der Waals surface area contributed by atoms with Crippen molar-refractivity contribution in [1.29, 1.82) is 0 Å². The zero-order chi connectivity index (χ0) is 23.1. The third-order valence-corrected chi connectivity index (χ3v) is 5.77. The number of benzene rings is 2. The van der Waals surface area contributed by atoms with E-state index in [0.29, 0.717) is 60.0 Å². The fraction of sp³-hybridized carbons (Fsp3) is 0.458. The van der Waals surface area contributed by atoms with Crippen molar-refractivity contribution >= 4 is 5.91 Å². The third-order valence-electron chi connectivity index (χ3n) is 5.77. The van der Waals surface area contributed by atoms with Crippen molar-refractivity contribution in [3.05, 3.63) is 41.5 Å². The van der Waals surface area contributed by atoms with Crippen LogP contribution in [0, 0.1) is 0 Å². The Kier molecular flexibility index (Phi) is 8.19. The van der Waals surface area contributed by atoms with Crippen LogP contribution in [0.4, 0.5) is 0 Å². The van der Waals surface area contributed by atoms with E-state index in [1.165, 1.54) is 21.3 Å². The second-order valence-electron chi connectivity index (χ2n) is 7.66. The van der Waals surface area contributed by atoms with Gasteiger partial charge in [-0.15, -0.1) is 0 Å². The summed E-state index contributed by atoms with van der Waals surface area (Å²) in [6.07, 6.45) is 2.59. The maximum atomic E-state index is 13.4. The molecule has 1 heterocycles. The topological polar surface area (TPSA) is 95.3 Å². The van der Waals surface area contributed by atoms with Gasteiger partial charge in [-0.2, -0.15) is 0 Å². The largest absolute Gasteiger partial charge is 0.492 e. The van der Waals surface area contributed by atoms with Gasteiger partial charge in [0.05, 0.1) is 26.9 Å². The summed E-state index contributed by atoms with van der Waals surface area (Å²) in [7, 11) is 6.50. The van der Waals surface area contributed by atoms with Gasteiger partial charge in [0.15, 0.2) is 11.5 Å². The van der Waals surface area contributed by atoms with Crippen molar-refractivity contribution in [3.63, 3.8) is 0 Å². The van der Waals surface area contributed by atoms with E-state index in [2.05, 4.69) is 5.32 Å². The van der Waals surface area contributed by atoms with Gasteiger partial charge < -0.3 is 34.9 Å². The minimum Gasteiger partial charge on any atom is -0.492 e. The molecule has 0 bridgehead atoms. The SMILES string of the molecule is CNC1CCN(C(=O)c2cc(Oc3ccc(CCN)cc3)c(OC)c(OC)c2OC)CC1. The molecule has 3 rings (SSSR count). The van der Waals surface area contributed by atoms with Crippen LogP contribution in [0.25, 0.3) is 0 Å². The maximum absolute atomic E-state index is 13.4. The summed E-state index contributed by atoms with van der Waals surface area (Å²) in [4.78, 5) is 15.3. The molecule has 1 saturated heterocycles. The number of piperidine rings is 1. The number of carbonyl (C=O) groups is 1. The second-order valence-corrected chi connectivity index (χ2v) is 7.66. The molecule has 0 aliphatic carbocycles. The summed E-state index contributed by atoms with van der Waals surface area (Å²) in [5.74, 6) is 1.88. The number of amides is 1. The molecular weight excluding hydrogens is 410 g/mol. The number of methoxy groups -OCH3 is 3. The molecule has 2 aromatic rings. The lowest BCUT2D eigenvalue weighted by molar-refractivity contribution is 0.0702. The molecule has 8 nitrogen and oxygen atoms in total. The van der Waals surface area contributed by atoms with Gasteiger partial charge in [-0.1, -0.05) is 12.1 Å². The molecule has 0 saturated carbocycles. The van der Waals surface area contributed by atoms with Crippen LogP contribution in [0.15, 0.2) is 30.3 Å². The predicted octanol–water partition coefficient (Wildman–Crippen LogP) is 2.83. The molecule has 32 heavy (non-hydrogen) atoms. The van der Waals surface area contributed by atoms with Crippen LogP contribution in [-0.2, 0) is 6.42 Å². The summed E-state index contributed by atoms with van der Waals surface area (Å²) >= 11 is 0. The van der Waals surface area contributed by atoms with E-state index in [0.717, 1.165) is 24.8 Å². The zero-order valence-corrected chi connectivity index (χ0v) is 19.3. The molecule has 0 unspecified atom stereocenters. The lowest BCUT2D eigenvalue weighted by Crippen LogP contribution is -2.44. The van der Waals surface area contributed by atoms with Gasteiger partial charge in [-0.3, -0.25) is 4.79 Å². The molecule has 1 fully saturated rings. The fourth-order valence-corrected chi connectivity index (χ4v) is 3.97. The van der Waals surface area contributed by atoms with Gasteiger partial charge in [0.2, 0.25) is 11.5 Å². The van der Waals surface area contributed by atoms with E-state index < -0.39 is 0 Å². The monoisotopic (exact) mass is 443 g/mol. The second kappa shape index (κ2) is 11.1. The Hall–Kier alpha value is -2.97. The lowest BCUT2D eigenvalue weighted by atomic mass is 10.0. The molecule has 174 valence electrons. The number of ether oxygens (including phenoxy) is 4. The number of carbonyl (C=O) groups excluding carboxylic acids is 1. The van der Waals surface area contributed by atoms with Crippen molar-refractivity contribution < 1.29 is 23.7 Å². The predicted molar refractivity (Wildman–Crippen MR) is 123 cm³/mol. The number of likely N-dealkylation sites (tertiary alicyclic amines) is 1. The van der Waals surface area contributed by atoms with E-state index >= 15 is 0 Å². The van der Waals surface area contributed by atoms with Crippen molar-refractivity contribution in [2.24, 2.45) is 5.73 Å². The van der Waals surface area contributed by atoms with Gasteiger partial charge in [0.1, 0.15) is 5.75 Å². The highest BCUT2D eigenvalue weighted by Crippen LogP contribution is 2.48. The van der Waals surface area contributed by atoms with Crippen LogP contribution in [-0.4, -0.2) is 64.9 Å². The maximum Gasteiger partial charge on any atom is 0.257 e. The lowest BCUT2D eigenvalue weighted by Gasteiger charge is -2.32. The van der Waals surface area contributed by atoms with Gasteiger partial charge in [0.25, 0.3) is 5.91 Å². The Balaban J connectivity index is 1.97. The number of nitrogens with two attached hydrogens (primary N) is 1. The van der Waals surface area contributed by atoms with Crippen molar-refractivity contribution in [1.82, 2.24) is 10.2 Å². The summed E-state index contributed by atoms with van der Waals surface area (Å²) < 4.78 is 22.8. The Morgan fingerprint density at radius 3 is 2.19 bits per heavy atom. The first-order valence-electron chi connectivity index (χ1n) is 10.8. The minimum absolute atomic E-state index is 0.125. The van der Waals surface area contributed by atoms with Gasteiger partial charge in [0, 0.05) is 25.2 Å². The fourth-order valence-electron chi connectivity index (χ4n) is 3.97. The standard InChI is InChI=1S/C24H33N3O5/c1-26-17-10-13-27(14-11-17)24(28)19-15-20(22(30-3)23(31-4)21(19)29-2)32-18-7-5-16(6-8-18)9-12-25/h5-8,15,17,26H,9-14,25H2,1-4H3. The molecule has 0 spiro atoms. The first kappa shape index (κ1) is 23.7. The number of hydrogen-bond acceptors (Lipinski definition) is 7. The van der Waals surface area contributed by atoms with E-state index in [1.807, 2.05) is 36.2 Å². The van der Waals surface area contributed by atoms with Gasteiger partial charge in [-0.05, 0) is 50.6 Å². The summed E-state index contributed by atoms with van der Waals surface area (Å²) in [5.41, 5.74) is 7.13. The molecule has 8 heteroatoms. The third kappa shape index (κ3) is 5.08. The number of nitrogens with zero attached hydrogens (tertiary/aromatic N) is 1. The molecule has 3 N–H and O–H groups in total. The van der Waals surface area contributed by atoms with Crippen LogP contribution < -0.4 is 30.0 Å². The van der Waals surface area contributed by atoms with Crippen LogP contribution in [0.2, 0.25) is 0 Å². The van der Waals surface area contributed by atoms with E-state index in [9.17, 15) is 4.79 Å². The van der Waals surface area contributed by atoms with Crippen LogP contribution in [0.3, 0.4) is 0 Å². The molecule has 0 aromatic heterocycles. The highest BCUT2D eigenvalue weighted by Gasteiger charge is 2.30. The Labute approximate surface area is 189 Å². The van der Waals surface area contributed by atoms with Crippen LogP contribution >= 0.6 is 0 Å². The molecular formula is C24H33N3O5. The summed E-state index contributed by atoms with van der Waals surface area (Å²) in [5, 5.41) is 3.28. The zero-order valence-electron chi connectivity index (χ0n) is 19.3. The molecule has 0 atom stereocenters. The average molecular weight is 444 g/mol. The average Bonchev–Trinajstić information content (AvgIpc) is 2.84. The number of hydrogen-bond donors (Lipinski definition) is 2. The van der Waals surface area contributed by atoms with Crippen LogP contribution in [0.5, 0.6) is 28.7 Å². The van der Waals surface area contributed by atoms with Crippen LogP contribution in [0.1, 0.15) is 28.8 Å². The summed E-state index contributed by atoms with van der Waals surface area (Å²) in [6.45, 7) is 1.92. The molecule has 0 radical (unpaired) electrons. The molecule has 2 aromatic carbocycles. The molecule has 1 aliphatic heterocycles. The molecule has 1 amide bonds. The van der Waals surface area contributed by atoms with Crippen molar-refractivity contribution in [2.75, 3.05) is 48.0 Å². The summed E-state index contributed by atoms with van der Waals surface area (Å²) in [6, 6.07) is 9.75. The smallest absolute Gasteiger partial charge is 0.257 e. The first-order valence-corrected chi connectivity index (χ1v) is 10.8. The normalized spacial score (nSPS) is 14.2. The minimum atomic E-state index is -0.125. The van der Waals surface area contributed by atoms with E-state index in [-0.39, 0.29) is 5.91 Å². The number of nitrogens with one attached hydrogen (secondary N) is 1. The number of rotatable bonds is 9. The van der Waals surface area contributed by atoms with E-state index in [1.54, 1.807) is 6.07 Å².